The number of carbonyl (C=O) groups excluding carboxylic acids is 2. The van der Waals surface area contributed by atoms with Crippen LogP contribution in [0.4, 0.5) is 5.82 Å². The van der Waals surface area contributed by atoms with Crippen LogP contribution in [0.5, 0.6) is 0 Å². The summed E-state index contributed by atoms with van der Waals surface area (Å²) in [5, 5.41) is 15.0. The van der Waals surface area contributed by atoms with Gasteiger partial charge in [0.25, 0.3) is 11.5 Å². The fraction of sp³-hybridized carbons (Fsp3) is 0.368. The van der Waals surface area contributed by atoms with Crippen molar-refractivity contribution < 1.29 is 14.3 Å². The number of rotatable bonds is 7. The number of benzene rings is 1. The van der Waals surface area contributed by atoms with Gasteiger partial charge in [-0.1, -0.05) is 17.3 Å². The summed E-state index contributed by atoms with van der Waals surface area (Å²) in [7, 11) is 0. The van der Waals surface area contributed by atoms with E-state index in [0.29, 0.717) is 16.7 Å². The first-order chi connectivity index (χ1) is 13.9. The fourth-order valence-electron chi connectivity index (χ4n) is 2.73. The van der Waals surface area contributed by atoms with Gasteiger partial charge in [-0.25, -0.2) is 9.36 Å². The lowest BCUT2D eigenvalue weighted by Crippen LogP contribution is -2.32. The average Bonchev–Trinajstić information content (AvgIpc) is 3.16. The standard InChI is InChI=1S/C19H22N6O4/c1-12(2)25-16(8-10-20-25)21-18(27)13(3)29-17(26)9-11-24-19(28)14-6-4-5-7-15(14)22-23-24/h4-8,10,12-13H,9,11H2,1-3H3,(H,21,27). The number of hydrogen-bond donors (Lipinski definition) is 1. The van der Waals surface area contributed by atoms with E-state index in [1.165, 1.54) is 6.92 Å². The molecule has 1 N–H and O–H groups in total. The van der Waals surface area contributed by atoms with Crippen LogP contribution in [0.25, 0.3) is 10.9 Å². The van der Waals surface area contributed by atoms with Crippen molar-refractivity contribution in [2.45, 2.75) is 45.9 Å². The maximum Gasteiger partial charge on any atom is 0.308 e. The van der Waals surface area contributed by atoms with E-state index in [9.17, 15) is 14.4 Å². The highest BCUT2D eigenvalue weighted by Gasteiger charge is 2.20. The highest BCUT2D eigenvalue weighted by atomic mass is 16.5. The Morgan fingerprint density at radius 2 is 1.93 bits per heavy atom. The van der Waals surface area contributed by atoms with Crippen molar-refractivity contribution in [1.82, 2.24) is 24.8 Å². The number of ether oxygens (including phenoxy) is 1. The normalized spacial score (nSPS) is 12.1. The lowest BCUT2D eigenvalue weighted by Gasteiger charge is -2.15. The second-order valence-electron chi connectivity index (χ2n) is 6.76. The first kappa shape index (κ1) is 20.2. The summed E-state index contributed by atoms with van der Waals surface area (Å²) in [5.41, 5.74) is 0.151. The number of hydrogen-bond acceptors (Lipinski definition) is 7. The third kappa shape index (κ3) is 4.65. The Hall–Kier alpha value is -3.56. The van der Waals surface area contributed by atoms with E-state index >= 15 is 0 Å². The topological polar surface area (TPSA) is 121 Å². The van der Waals surface area contributed by atoms with Crippen LogP contribution in [0.3, 0.4) is 0 Å². The molecule has 1 unspecified atom stereocenters. The number of anilines is 1. The van der Waals surface area contributed by atoms with Crippen molar-refractivity contribution in [1.29, 1.82) is 0 Å². The molecule has 0 spiro atoms. The van der Waals surface area contributed by atoms with Gasteiger partial charge in [0.2, 0.25) is 0 Å². The number of fused-ring (bicyclic) bond motifs is 1. The quantitative estimate of drug-likeness (QED) is 0.599. The molecule has 2 aromatic heterocycles. The van der Waals surface area contributed by atoms with Crippen LogP contribution in [0.15, 0.2) is 41.3 Å². The maximum atomic E-state index is 12.4. The monoisotopic (exact) mass is 398 g/mol. The van der Waals surface area contributed by atoms with Gasteiger partial charge in [-0.2, -0.15) is 5.10 Å². The summed E-state index contributed by atoms with van der Waals surface area (Å²) < 4.78 is 7.92. The minimum Gasteiger partial charge on any atom is -0.452 e. The van der Waals surface area contributed by atoms with Crippen molar-refractivity contribution >= 4 is 28.6 Å². The lowest BCUT2D eigenvalue weighted by molar-refractivity contribution is -0.153. The second-order valence-corrected chi connectivity index (χ2v) is 6.76. The first-order valence-corrected chi connectivity index (χ1v) is 9.23. The Morgan fingerprint density at radius 3 is 2.69 bits per heavy atom. The van der Waals surface area contributed by atoms with E-state index in [0.717, 1.165) is 4.68 Å². The van der Waals surface area contributed by atoms with Crippen LogP contribution in [0, 0.1) is 0 Å². The van der Waals surface area contributed by atoms with E-state index < -0.39 is 18.0 Å². The van der Waals surface area contributed by atoms with Crippen LogP contribution >= 0.6 is 0 Å². The molecule has 1 aromatic carbocycles. The average molecular weight is 398 g/mol. The third-order valence-electron chi connectivity index (χ3n) is 4.25. The van der Waals surface area contributed by atoms with Crippen molar-refractivity contribution in [2.75, 3.05) is 5.32 Å². The van der Waals surface area contributed by atoms with E-state index in [4.69, 9.17) is 4.74 Å². The fourth-order valence-corrected chi connectivity index (χ4v) is 2.73. The Bertz CT molecular complexity index is 1090. The van der Waals surface area contributed by atoms with Crippen molar-refractivity contribution in [3.05, 3.63) is 46.9 Å². The van der Waals surface area contributed by atoms with Gasteiger partial charge in [0, 0.05) is 12.1 Å². The van der Waals surface area contributed by atoms with Crippen LogP contribution in [0.1, 0.15) is 33.2 Å². The maximum absolute atomic E-state index is 12.4. The van der Waals surface area contributed by atoms with Gasteiger partial charge < -0.3 is 10.1 Å². The molecule has 3 aromatic rings. The second kappa shape index (κ2) is 8.63. The van der Waals surface area contributed by atoms with Crippen LogP contribution in [-0.4, -0.2) is 42.8 Å². The van der Waals surface area contributed by atoms with Crippen molar-refractivity contribution in [2.24, 2.45) is 0 Å². The Labute approximate surface area is 166 Å². The molecule has 10 heteroatoms. The molecule has 3 rings (SSSR count). The molecule has 0 bridgehead atoms. The molecule has 0 aliphatic heterocycles. The van der Waals surface area contributed by atoms with E-state index in [-0.39, 0.29) is 24.6 Å². The summed E-state index contributed by atoms with van der Waals surface area (Å²) in [6.45, 7) is 5.35. The number of carbonyl (C=O) groups is 2. The molecule has 0 saturated carbocycles. The zero-order valence-electron chi connectivity index (χ0n) is 16.4. The summed E-state index contributed by atoms with van der Waals surface area (Å²) >= 11 is 0. The van der Waals surface area contributed by atoms with E-state index in [2.05, 4.69) is 20.7 Å². The minimum atomic E-state index is -1.00. The van der Waals surface area contributed by atoms with Gasteiger partial charge in [-0.05, 0) is 32.9 Å². The molecule has 0 radical (unpaired) electrons. The van der Waals surface area contributed by atoms with Crippen molar-refractivity contribution in [3.8, 4) is 0 Å². The molecule has 0 fully saturated rings. The number of esters is 1. The Balaban J connectivity index is 1.56. The number of nitrogens with zero attached hydrogens (tertiary/aromatic N) is 5. The molecule has 1 atom stereocenters. The van der Waals surface area contributed by atoms with E-state index in [1.807, 2.05) is 13.8 Å². The van der Waals surface area contributed by atoms with Crippen LogP contribution < -0.4 is 10.9 Å². The molecule has 0 aliphatic carbocycles. The molecule has 0 saturated heterocycles. The summed E-state index contributed by atoms with van der Waals surface area (Å²) in [5.74, 6) is -0.568. The third-order valence-corrected chi connectivity index (χ3v) is 4.25. The van der Waals surface area contributed by atoms with Crippen molar-refractivity contribution in [3.63, 3.8) is 0 Å². The lowest BCUT2D eigenvalue weighted by atomic mass is 10.2. The van der Waals surface area contributed by atoms with E-state index in [1.54, 1.807) is 41.2 Å². The molecule has 29 heavy (non-hydrogen) atoms. The van der Waals surface area contributed by atoms with Gasteiger partial charge in [0.15, 0.2) is 6.10 Å². The molecular weight excluding hydrogens is 376 g/mol. The molecule has 2 heterocycles. The molecule has 10 nitrogen and oxygen atoms in total. The number of nitrogens with one attached hydrogen (secondary N) is 1. The predicted molar refractivity (Wildman–Crippen MR) is 105 cm³/mol. The smallest absolute Gasteiger partial charge is 0.308 e. The number of amides is 1. The SMILES string of the molecule is CC(OC(=O)CCn1nnc2ccccc2c1=O)C(=O)Nc1ccnn1C(C)C. The minimum absolute atomic E-state index is 0.00393. The highest BCUT2D eigenvalue weighted by molar-refractivity contribution is 5.94. The van der Waals surface area contributed by atoms with Gasteiger partial charge in [0.05, 0.1) is 24.5 Å². The van der Waals surface area contributed by atoms with Gasteiger partial charge in [0.1, 0.15) is 11.3 Å². The zero-order valence-corrected chi connectivity index (χ0v) is 16.4. The molecule has 152 valence electrons. The first-order valence-electron chi connectivity index (χ1n) is 9.23. The van der Waals surface area contributed by atoms with Gasteiger partial charge in [-0.3, -0.25) is 14.4 Å². The molecular formula is C19H22N6O4. The van der Waals surface area contributed by atoms with Crippen LogP contribution in [0.2, 0.25) is 0 Å². The zero-order chi connectivity index (χ0) is 21.0. The molecule has 0 aliphatic rings. The van der Waals surface area contributed by atoms with Gasteiger partial charge in [-0.15, -0.1) is 5.10 Å². The highest BCUT2D eigenvalue weighted by Crippen LogP contribution is 2.13. The van der Waals surface area contributed by atoms with Gasteiger partial charge >= 0.3 is 5.97 Å². The predicted octanol–water partition coefficient (Wildman–Crippen LogP) is 1.53. The number of aryl methyl sites for hydroxylation is 1. The van der Waals surface area contributed by atoms with Crippen LogP contribution in [-0.2, 0) is 20.9 Å². The summed E-state index contributed by atoms with van der Waals surface area (Å²) in [4.78, 5) is 36.8. The number of aromatic nitrogens is 5. The summed E-state index contributed by atoms with van der Waals surface area (Å²) in [6.07, 6.45) is 0.459. The molecule has 1 amide bonds. The Kier molecular flexibility index (Phi) is 6.01. The Morgan fingerprint density at radius 1 is 1.17 bits per heavy atom. The largest absolute Gasteiger partial charge is 0.452 e. The summed E-state index contributed by atoms with van der Waals surface area (Å²) in [6, 6.07) is 8.56.